The molecule has 8 heteroatoms. The molecule has 0 saturated carbocycles. The quantitative estimate of drug-likeness (QED) is 0.808. The molecule has 3 rings (SSSR count). The van der Waals surface area contributed by atoms with E-state index in [9.17, 15) is 17.6 Å². The van der Waals surface area contributed by atoms with Crippen molar-refractivity contribution in [1.29, 1.82) is 0 Å². The Morgan fingerprint density at radius 2 is 2.04 bits per heavy atom. The Balaban J connectivity index is 1.88. The maximum Gasteiger partial charge on any atom is 0.241 e. The van der Waals surface area contributed by atoms with Crippen LogP contribution in [0.25, 0.3) is 0 Å². The van der Waals surface area contributed by atoms with Crippen LogP contribution in [0, 0.1) is 5.82 Å². The number of rotatable bonds is 3. The lowest BCUT2D eigenvalue weighted by molar-refractivity contribution is -0.123. The Morgan fingerprint density at radius 1 is 1.29 bits per heavy atom. The normalized spacial score (nSPS) is 26.5. The van der Waals surface area contributed by atoms with Gasteiger partial charge in [0.2, 0.25) is 15.9 Å². The molecule has 0 N–H and O–H groups in total. The van der Waals surface area contributed by atoms with Gasteiger partial charge in [-0.1, -0.05) is 6.07 Å². The average molecular weight is 355 g/mol. The summed E-state index contributed by atoms with van der Waals surface area (Å²) in [5.74, 6) is -0.431. The number of likely N-dealkylation sites (N-methyl/N-ethyl adjacent to an activating group) is 1. The van der Waals surface area contributed by atoms with Gasteiger partial charge in [0.15, 0.2) is 0 Å². The molecule has 24 heavy (non-hydrogen) atoms. The van der Waals surface area contributed by atoms with Crippen LogP contribution < -0.4 is 4.90 Å². The minimum Gasteiger partial charge on any atom is -0.309 e. The molecule has 2 saturated heterocycles. The molecule has 0 aromatic heterocycles. The van der Waals surface area contributed by atoms with Crippen LogP contribution in [0.5, 0.6) is 0 Å². The third-order valence-corrected chi connectivity index (χ3v) is 6.94. The zero-order valence-corrected chi connectivity index (χ0v) is 14.7. The number of carbonyl (C=O) groups is 1. The van der Waals surface area contributed by atoms with E-state index in [0.717, 1.165) is 0 Å². The predicted octanol–water partition coefficient (Wildman–Crippen LogP) is 0.898. The Morgan fingerprint density at radius 3 is 2.71 bits per heavy atom. The molecule has 2 aliphatic rings. The maximum absolute atomic E-state index is 13.5. The zero-order valence-electron chi connectivity index (χ0n) is 13.9. The first-order valence-corrected chi connectivity index (χ1v) is 9.63. The van der Waals surface area contributed by atoms with Gasteiger partial charge in [-0.3, -0.25) is 9.69 Å². The van der Waals surface area contributed by atoms with E-state index < -0.39 is 21.4 Å². The second kappa shape index (κ2) is 6.09. The number of carbonyl (C=O) groups excluding carboxylic acids is 1. The van der Waals surface area contributed by atoms with Gasteiger partial charge < -0.3 is 4.90 Å². The lowest BCUT2D eigenvalue weighted by atomic mass is 9.92. The molecule has 0 unspecified atom stereocenters. The van der Waals surface area contributed by atoms with Crippen molar-refractivity contribution in [2.75, 3.05) is 43.9 Å². The lowest BCUT2D eigenvalue weighted by Crippen LogP contribution is -2.64. The summed E-state index contributed by atoms with van der Waals surface area (Å²) in [6, 6.07) is 5.96. The summed E-state index contributed by atoms with van der Waals surface area (Å²) in [5.41, 5.74) is 0.0897. The standard InChI is InChI=1S/C16H22FN3O3S/c1-3-24(22,23)19-8-7-16(11-19)12-20(15(21)10-18(16)2)14-6-4-5-13(17)9-14/h4-6,9H,3,7-8,10-12H2,1-2H3/t16-/m1/s1. The minimum absolute atomic E-state index is 0.0688. The molecular weight excluding hydrogens is 333 g/mol. The maximum atomic E-state index is 13.5. The van der Waals surface area contributed by atoms with Gasteiger partial charge in [0.1, 0.15) is 5.82 Å². The van der Waals surface area contributed by atoms with Gasteiger partial charge in [0, 0.05) is 25.3 Å². The molecule has 6 nitrogen and oxygen atoms in total. The summed E-state index contributed by atoms with van der Waals surface area (Å²) >= 11 is 0. The highest BCUT2D eigenvalue weighted by atomic mass is 32.2. The topological polar surface area (TPSA) is 60.9 Å². The van der Waals surface area contributed by atoms with Crippen molar-refractivity contribution in [1.82, 2.24) is 9.21 Å². The largest absolute Gasteiger partial charge is 0.309 e. The smallest absolute Gasteiger partial charge is 0.241 e. The number of halogens is 1. The van der Waals surface area contributed by atoms with E-state index in [-0.39, 0.29) is 18.2 Å². The number of benzene rings is 1. The highest BCUT2D eigenvalue weighted by Gasteiger charge is 2.49. The number of nitrogens with zero attached hydrogens (tertiary/aromatic N) is 3. The van der Waals surface area contributed by atoms with Crippen LogP contribution in [0.3, 0.4) is 0 Å². The van der Waals surface area contributed by atoms with Crippen molar-refractivity contribution < 1.29 is 17.6 Å². The third kappa shape index (κ3) is 2.94. The molecule has 0 bridgehead atoms. The number of sulfonamides is 1. The van der Waals surface area contributed by atoms with Crippen molar-refractivity contribution in [3.8, 4) is 0 Å². The van der Waals surface area contributed by atoms with E-state index in [0.29, 0.717) is 31.7 Å². The lowest BCUT2D eigenvalue weighted by Gasteiger charge is -2.46. The molecule has 1 amide bonds. The van der Waals surface area contributed by atoms with E-state index in [1.54, 1.807) is 24.0 Å². The van der Waals surface area contributed by atoms with Gasteiger partial charge in [-0.25, -0.2) is 12.8 Å². The SMILES string of the molecule is CCS(=O)(=O)N1CC[C@]2(CN(c3cccc(F)c3)C(=O)CN2C)C1. The van der Waals surface area contributed by atoms with Crippen molar-refractivity contribution in [2.24, 2.45) is 0 Å². The summed E-state index contributed by atoms with van der Waals surface area (Å²) in [6.45, 7) is 3.00. The van der Waals surface area contributed by atoms with Gasteiger partial charge in [0.25, 0.3) is 0 Å². The molecule has 132 valence electrons. The summed E-state index contributed by atoms with van der Waals surface area (Å²) in [4.78, 5) is 15.9. The van der Waals surface area contributed by atoms with E-state index >= 15 is 0 Å². The average Bonchev–Trinajstić information content (AvgIpc) is 2.97. The van der Waals surface area contributed by atoms with Crippen molar-refractivity contribution in [3.05, 3.63) is 30.1 Å². The first-order valence-electron chi connectivity index (χ1n) is 8.02. The number of piperazine rings is 1. The van der Waals surface area contributed by atoms with Crippen molar-refractivity contribution in [3.63, 3.8) is 0 Å². The molecule has 1 spiro atoms. The number of anilines is 1. The van der Waals surface area contributed by atoms with Crippen LogP contribution in [-0.2, 0) is 14.8 Å². The van der Waals surface area contributed by atoms with Crippen LogP contribution in [-0.4, -0.2) is 68.0 Å². The van der Waals surface area contributed by atoms with Crippen LogP contribution in [0.15, 0.2) is 24.3 Å². The third-order valence-electron chi connectivity index (χ3n) is 5.11. The Hall–Kier alpha value is -1.51. The fourth-order valence-electron chi connectivity index (χ4n) is 3.52. The summed E-state index contributed by atoms with van der Waals surface area (Å²) < 4.78 is 39.4. The number of hydrogen-bond donors (Lipinski definition) is 0. The second-order valence-electron chi connectivity index (χ2n) is 6.52. The minimum atomic E-state index is -3.26. The Kier molecular flexibility index (Phi) is 4.39. The highest BCUT2D eigenvalue weighted by molar-refractivity contribution is 7.89. The van der Waals surface area contributed by atoms with E-state index in [2.05, 4.69) is 0 Å². The van der Waals surface area contributed by atoms with Crippen LogP contribution in [0.1, 0.15) is 13.3 Å². The molecule has 2 heterocycles. The first kappa shape index (κ1) is 17.3. The number of hydrogen-bond acceptors (Lipinski definition) is 4. The summed E-state index contributed by atoms with van der Waals surface area (Å²) in [6.07, 6.45) is 0.655. The van der Waals surface area contributed by atoms with Gasteiger partial charge in [0.05, 0.1) is 17.8 Å². The molecule has 1 atom stereocenters. The first-order chi connectivity index (χ1) is 11.3. The molecule has 0 radical (unpaired) electrons. The number of amides is 1. The Labute approximate surface area is 141 Å². The molecule has 1 aromatic carbocycles. The molecule has 2 fully saturated rings. The van der Waals surface area contributed by atoms with Crippen LogP contribution in [0.2, 0.25) is 0 Å². The van der Waals surface area contributed by atoms with E-state index in [4.69, 9.17) is 0 Å². The van der Waals surface area contributed by atoms with Gasteiger partial charge in [-0.15, -0.1) is 0 Å². The van der Waals surface area contributed by atoms with Crippen molar-refractivity contribution >= 4 is 21.6 Å². The molecular formula is C16H22FN3O3S. The summed E-state index contributed by atoms with van der Waals surface area (Å²) in [7, 11) is -1.41. The highest BCUT2D eigenvalue weighted by Crippen LogP contribution is 2.34. The predicted molar refractivity (Wildman–Crippen MR) is 89.8 cm³/mol. The Bertz CT molecular complexity index is 755. The fourth-order valence-corrected chi connectivity index (χ4v) is 4.69. The van der Waals surface area contributed by atoms with E-state index in [1.165, 1.54) is 16.4 Å². The monoisotopic (exact) mass is 355 g/mol. The van der Waals surface area contributed by atoms with Crippen molar-refractivity contribution in [2.45, 2.75) is 18.9 Å². The second-order valence-corrected chi connectivity index (χ2v) is 8.78. The molecule has 2 aliphatic heterocycles. The van der Waals surface area contributed by atoms with E-state index in [1.807, 2.05) is 11.9 Å². The zero-order chi connectivity index (χ0) is 17.5. The van der Waals surface area contributed by atoms with Crippen LogP contribution >= 0.6 is 0 Å². The fraction of sp³-hybridized carbons (Fsp3) is 0.562. The van der Waals surface area contributed by atoms with Gasteiger partial charge in [-0.2, -0.15) is 4.31 Å². The molecule has 1 aromatic rings. The van der Waals surface area contributed by atoms with Crippen LogP contribution in [0.4, 0.5) is 10.1 Å². The molecule has 0 aliphatic carbocycles. The van der Waals surface area contributed by atoms with Gasteiger partial charge in [-0.05, 0) is 38.6 Å². The van der Waals surface area contributed by atoms with Gasteiger partial charge >= 0.3 is 0 Å². The summed E-state index contributed by atoms with van der Waals surface area (Å²) in [5, 5.41) is 0.